The lowest BCUT2D eigenvalue weighted by Crippen LogP contribution is -1.78. The van der Waals surface area contributed by atoms with Crippen LogP contribution < -0.4 is 0 Å². The molecule has 0 aliphatic heterocycles. The lowest BCUT2D eigenvalue weighted by molar-refractivity contribution is 1.32. The second-order valence-corrected chi connectivity index (χ2v) is 3.99. The predicted octanol–water partition coefficient (Wildman–Crippen LogP) is 3.43. The summed E-state index contributed by atoms with van der Waals surface area (Å²) in [7, 11) is 0. The molecule has 0 saturated carbocycles. The summed E-state index contributed by atoms with van der Waals surface area (Å²) in [5.41, 5.74) is 3.96. The average Bonchev–Trinajstić information content (AvgIpc) is 2.49. The van der Waals surface area contributed by atoms with E-state index in [-0.39, 0.29) is 0 Å². The van der Waals surface area contributed by atoms with E-state index in [1.807, 2.05) is 12.3 Å². The number of hydrogen-bond acceptors (Lipinski definition) is 2. The molecule has 0 fully saturated rings. The van der Waals surface area contributed by atoms with Gasteiger partial charge in [-0.3, -0.25) is 4.98 Å². The molecule has 0 unspecified atom stereocenters. The number of aromatic nitrogens is 1. The third-order valence-corrected chi connectivity index (χ3v) is 3.46. The summed E-state index contributed by atoms with van der Waals surface area (Å²) in [6, 6.07) is 4.08. The van der Waals surface area contributed by atoms with E-state index < -0.39 is 0 Å². The van der Waals surface area contributed by atoms with Crippen LogP contribution in [0.1, 0.15) is 11.1 Å². The summed E-state index contributed by atoms with van der Waals surface area (Å²) < 4.78 is 0. The standard InChI is InChI=1S/C11H11NS/c1-8-7-13-11(9(8)2)10-4-3-5-12-6-10/h3-7H,1-2H3. The van der Waals surface area contributed by atoms with Gasteiger partial charge in [-0.1, -0.05) is 6.07 Å². The Morgan fingerprint density at radius 3 is 2.69 bits per heavy atom. The maximum Gasteiger partial charge on any atom is 0.0390 e. The fourth-order valence-corrected chi connectivity index (χ4v) is 2.35. The van der Waals surface area contributed by atoms with Crippen molar-refractivity contribution in [2.45, 2.75) is 13.8 Å². The topological polar surface area (TPSA) is 12.9 Å². The Morgan fingerprint density at radius 1 is 1.31 bits per heavy atom. The Bertz CT molecular complexity index is 403. The van der Waals surface area contributed by atoms with Crippen molar-refractivity contribution in [2.75, 3.05) is 0 Å². The van der Waals surface area contributed by atoms with Crippen LogP contribution in [-0.4, -0.2) is 4.98 Å². The van der Waals surface area contributed by atoms with E-state index in [2.05, 4.69) is 30.3 Å². The first kappa shape index (κ1) is 8.45. The minimum atomic E-state index is 1.22. The first-order chi connectivity index (χ1) is 6.29. The molecule has 2 heterocycles. The Hall–Kier alpha value is -1.15. The van der Waals surface area contributed by atoms with Crippen molar-refractivity contribution in [3.63, 3.8) is 0 Å². The predicted molar refractivity (Wildman–Crippen MR) is 57.0 cm³/mol. The molecule has 0 aliphatic carbocycles. The normalized spacial score (nSPS) is 10.3. The molecule has 0 saturated heterocycles. The molecule has 0 radical (unpaired) electrons. The molecule has 2 aromatic rings. The molecule has 0 N–H and O–H groups in total. The zero-order valence-corrected chi connectivity index (χ0v) is 8.56. The molecule has 2 rings (SSSR count). The van der Waals surface area contributed by atoms with E-state index in [4.69, 9.17) is 0 Å². The Kier molecular flexibility index (Phi) is 2.15. The molecule has 0 aliphatic rings. The van der Waals surface area contributed by atoms with Crippen molar-refractivity contribution in [3.05, 3.63) is 41.0 Å². The fraction of sp³-hybridized carbons (Fsp3) is 0.182. The second kappa shape index (κ2) is 3.30. The van der Waals surface area contributed by atoms with Gasteiger partial charge in [-0.2, -0.15) is 0 Å². The highest BCUT2D eigenvalue weighted by molar-refractivity contribution is 7.13. The molecule has 0 atom stereocenters. The zero-order valence-electron chi connectivity index (χ0n) is 7.74. The van der Waals surface area contributed by atoms with Crippen LogP contribution in [0.3, 0.4) is 0 Å². The van der Waals surface area contributed by atoms with Crippen LogP contribution in [0.5, 0.6) is 0 Å². The van der Waals surface area contributed by atoms with Crippen LogP contribution in [0, 0.1) is 13.8 Å². The Balaban J connectivity index is 2.53. The van der Waals surface area contributed by atoms with E-state index in [1.54, 1.807) is 17.5 Å². The molecule has 0 spiro atoms. The molecule has 0 bridgehead atoms. The van der Waals surface area contributed by atoms with Crippen LogP contribution in [0.25, 0.3) is 10.4 Å². The summed E-state index contributed by atoms with van der Waals surface area (Å²) >= 11 is 1.79. The van der Waals surface area contributed by atoms with Gasteiger partial charge in [0.1, 0.15) is 0 Å². The third kappa shape index (κ3) is 1.49. The van der Waals surface area contributed by atoms with Gasteiger partial charge in [0.25, 0.3) is 0 Å². The molecule has 13 heavy (non-hydrogen) atoms. The summed E-state index contributed by atoms with van der Waals surface area (Å²) in [6.07, 6.45) is 3.72. The Labute approximate surface area is 82.1 Å². The van der Waals surface area contributed by atoms with Crippen LogP contribution in [0.2, 0.25) is 0 Å². The lowest BCUT2D eigenvalue weighted by Gasteiger charge is -1.98. The van der Waals surface area contributed by atoms with E-state index in [0.717, 1.165) is 0 Å². The van der Waals surface area contributed by atoms with E-state index in [0.29, 0.717) is 0 Å². The summed E-state index contributed by atoms with van der Waals surface area (Å²) in [6.45, 7) is 4.31. The molecule has 2 aromatic heterocycles. The maximum atomic E-state index is 4.12. The quantitative estimate of drug-likeness (QED) is 0.669. The van der Waals surface area contributed by atoms with Crippen molar-refractivity contribution >= 4 is 11.3 Å². The van der Waals surface area contributed by atoms with Gasteiger partial charge >= 0.3 is 0 Å². The minimum Gasteiger partial charge on any atom is -0.264 e. The molecule has 0 aromatic carbocycles. The highest BCUT2D eigenvalue weighted by Gasteiger charge is 2.05. The van der Waals surface area contributed by atoms with E-state index in [1.165, 1.54) is 21.6 Å². The van der Waals surface area contributed by atoms with Gasteiger partial charge in [-0.05, 0) is 36.4 Å². The van der Waals surface area contributed by atoms with Crippen molar-refractivity contribution in [1.29, 1.82) is 0 Å². The van der Waals surface area contributed by atoms with Crippen molar-refractivity contribution in [3.8, 4) is 10.4 Å². The monoisotopic (exact) mass is 189 g/mol. The zero-order chi connectivity index (χ0) is 9.26. The third-order valence-electron chi connectivity index (χ3n) is 2.21. The van der Waals surface area contributed by atoms with Crippen LogP contribution in [0.4, 0.5) is 0 Å². The first-order valence-electron chi connectivity index (χ1n) is 4.24. The maximum absolute atomic E-state index is 4.12. The molecule has 66 valence electrons. The number of nitrogens with zero attached hydrogens (tertiary/aromatic N) is 1. The number of rotatable bonds is 1. The summed E-state index contributed by atoms with van der Waals surface area (Å²) in [5, 5.41) is 2.19. The molecule has 2 heteroatoms. The number of thiophene rings is 1. The lowest BCUT2D eigenvalue weighted by atomic mass is 10.1. The Morgan fingerprint density at radius 2 is 2.15 bits per heavy atom. The minimum absolute atomic E-state index is 1.22. The second-order valence-electron chi connectivity index (χ2n) is 3.11. The van der Waals surface area contributed by atoms with Gasteiger partial charge in [0.05, 0.1) is 0 Å². The van der Waals surface area contributed by atoms with Crippen molar-refractivity contribution in [1.82, 2.24) is 4.98 Å². The SMILES string of the molecule is Cc1csc(-c2cccnc2)c1C. The molecular weight excluding hydrogens is 178 g/mol. The van der Waals surface area contributed by atoms with Gasteiger partial charge in [0, 0.05) is 22.8 Å². The van der Waals surface area contributed by atoms with Gasteiger partial charge in [0.2, 0.25) is 0 Å². The van der Waals surface area contributed by atoms with Crippen molar-refractivity contribution in [2.24, 2.45) is 0 Å². The first-order valence-corrected chi connectivity index (χ1v) is 5.12. The fourth-order valence-electron chi connectivity index (χ4n) is 1.28. The van der Waals surface area contributed by atoms with E-state index in [9.17, 15) is 0 Å². The summed E-state index contributed by atoms with van der Waals surface area (Å²) in [5.74, 6) is 0. The smallest absolute Gasteiger partial charge is 0.0390 e. The van der Waals surface area contributed by atoms with Crippen LogP contribution in [-0.2, 0) is 0 Å². The van der Waals surface area contributed by atoms with Gasteiger partial charge in [0.15, 0.2) is 0 Å². The molecular formula is C11H11NS. The van der Waals surface area contributed by atoms with E-state index >= 15 is 0 Å². The van der Waals surface area contributed by atoms with Crippen LogP contribution >= 0.6 is 11.3 Å². The van der Waals surface area contributed by atoms with Gasteiger partial charge < -0.3 is 0 Å². The summed E-state index contributed by atoms with van der Waals surface area (Å²) in [4.78, 5) is 5.46. The average molecular weight is 189 g/mol. The van der Waals surface area contributed by atoms with Gasteiger partial charge in [-0.15, -0.1) is 11.3 Å². The number of hydrogen-bond donors (Lipinski definition) is 0. The highest BCUT2D eigenvalue weighted by atomic mass is 32.1. The molecule has 1 nitrogen and oxygen atoms in total. The van der Waals surface area contributed by atoms with Crippen LogP contribution in [0.15, 0.2) is 29.9 Å². The largest absolute Gasteiger partial charge is 0.264 e. The molecule has 0 amide bonds. The number of pyridine rings is 1. The number of aryl methyl sites for hydroxylation is 1. The van der Waals surface area contributed by atoms with Crippen molar-refractivity contribution < 1.29 is 0 Å². The van der Waals surface area contributed by atoms with Gasteiger partial charge in [-0.25, -0.2) is 0 Å². The highest BCUT2D eigenvalue weighted by Crippen LogP contribution is 2.30.